The minimum atomic E-state index is 0.204. The third-order valence-electron chi connectivity index (χ3n) is 2.88. The van der Waals surface area contributed by atoms with Crippen LogP contribution in [0.25, 0.3) is 11.4 Å². The van der Waals surface area contributed by atoms with E-state index in [4.69, 9.17) is 16.1 Å². The summed E-state index contributed by atoms with van der Waals surface area (Å²) in [5.74, 6) is 1.26. The summed E-state index contributed by atoms with van der Waals surface area (Å²) in [6.07, 6.45) is 2.21. The van der Waals surface area contributed by atoms with E-state index in [-0.39, 0.29) is 6.04 Å². The number of halogens is 1. The predicted octanol–water partition coefficient (Wildman–Crippen LogP) is 2.81. The molecular weight excluding hydrogens is 238 g/mol. The van der Waals surface area contributed by atoms with E-state index in [1.165, 1.54) is 0 Å². The highest BCUT2D eigenvalue weighted by Gasteiger charge is 2.22. The largest absolute Gasteiger partial charge is 0.337 e. The fraction of sp³-hybridized carbons (Fsp3) is 0.333. The molecule has 1 N–H and O–H groups in total. The maximum atomic E-state index is 5.93. The van der Waals surface area contributed by atoms with Crippen LogP contribution < -0.4 is 5.32 Å². The minimum absolute atomic E-state index is 0.204. The van der Waals surface area contributed by atoms with Crippen molar-refractivity contribution in [2.45, 2.75) is 18.9 Å². The molecule has 88 valence electrons. The summed E-state index contributed by atoms with van der Waals surface area (Å²) in [7, 11) is 0. The van der Waals surface area contributed by atoms with Crippen LogP contribution in [0, 0.1) is 0 Å². The van der Waals surface area contributed by atoms with Crippen LogP contribution in [-0.2, 0) is 0 Å². The van der Waals surface area contributed by atoms with E-state index < -0.39 is 0 Å². The first-order valence-corrected chi connectivity index (χ1v) is 6.03. The van der Waals surface area contributed by atoms with E-state index in [2.05, 4.69) is 15.5 Å². The highest BCUT2D eigenvalue weighted by molar-refractivity contribution is 6.30. The van der Waals surface area contributed by atoms with Crippen molar-refractivity contribution in [3.05, 3.63) is 35.2 Å². The van der Waals surface area contributed by atoms with Crippen molar-refractivity contribution in [2.24, 2.45) is 0 Å². The van der Waals surface area contributed by atoms with Gasteiger partial charge in [-0.25, -0.2) is 0 Å². The fourth-order valence-electron chi connectivity index (χ4n) is 2.02. The van der Waals surface area contributed by atoms with Crippen LogP contribution in [0.15, 0.2) is 28.8 Å². The molecule has 1 saturated heterocycles. The monoisotopic (exact) mass is 249 g/mol. The van der Waals surface area contributed by atoms with E-state index in [0.29, 0.717) is 16.7 Å². The van der Waals surface area contributed by atoms with E-state index in [9.17, 15) is 0 Å². The number of nitrogens with one attached hydrogen (secondary N) is 1. The van der Waals surface area contributed by atoms with Crippen LogP contribution in [0.3, 0.4) is 0 Å². The maximum Gasteiger partial charge on any atom is 0.244 e. The van der Waals surface area contributed by atoms with Gasteiger partial charge in [-0.1, -0.05) is 28.9 Å². The van der Waals surface area contributed by atoms with Gasteiger partial charge >= 0.3 is 0 Å². The molecule has 0 bridgehead atoms. The Morgan fingerprint density at radius 3 is 3.12 bits per heavy atom. The highest BCUT2D eigenvalue weighted by Crippen LogP contribution is 2.25. The molecular formula is C12H12ClN3O. The lowest BCUT2D eigenvalue weighted by molar-refractivity contribution is 0.345. The average Bonchev–Trinajstić information content (AvgIpc) is 3.00. The van der Waals surface area contributed by atoms with E-state index in [0.717, 1.165) is 24.9 Å². The first-order valence-electron chi connectivity index (χ1n) is 5.66. The SMILES string of the molecule is Clc1cccc(-c2noc([C@H]3CCCN3)n2)c1. The summed E-state index contributed by atoms with van der Waals surface area (Å²) < 4.78 is 5.28. The Morgan fingerprint density at radius 1 is 1.41 bits per heavy atom. The van der Waals surface area contributed by atoms with Gasteiger partial charge < -0.3 is 9.84 Å². The van der Waals surface area contributed by atoms with Crippen LogP contribution in [0.2, 0.25) is 5.02 Å². The molecule has 5 heteroatoms. The molecule has 0 aliphatic carbocycles. The summed E-state index contributed by atoms with van der Waals surface area (Å²) in [4.78, 5) is 4.40. The topological polar surface area (TPSA) is 51.0 Å². The second-order valence-corrected chi connectivity index (χ2v) is 4.55. The van der Waals surface area contributed by atoms with E-state index >= 15 is 0 Å². The summed E-state index contributed by atoms with van der Waals surface area (Å²) in [6.45, 7) is 1.01. The quantitative estimate of drug-likeness (QED) is 0.889. The first kappa shape index (κ1) is 10.7. The summed E-state index contributed by atoms with van der Waals surface area (Å²) in [6, 6.07) is 7.66. The molecule has 0 saturated carbocycles. The van der Waals surface area contributed by atoms with Crippen LogP contribution in [0.1, 0.15) is 24.8 Å². The second-order valence-electron chi connectivity index (χ2n) is 4.12. The number of nitrogens with zero attached hydrogens (tertiary/aromatic N) is 2. The lowest BCUT2D eigenvalue weighted by Gasteiger charge is -2.01. The number of hydrogen-bond acceptors (Lipinski definition) is 4. The molecule has 1 atom stereocenters. The van der Waals surface area contributed by atoms with Crippen LogP contribution in [0.5, 0.6) is 0 Å². The standard InChI is InChI=1S/C12H12ClN3O/c13-9-4-1-3-8(7-9)11-15-12(17-16-11)10-5-2-6-14-10/h1,3-4,7,10,14H,2,5-6H2/t10-/m1/s1. The van der Waals surface area contributed by atoms with Gasteiger partial charge in [0.05, 0.1) is 6.04 Å². The Hall–Kier alpha value is -1.39. The molecule has 1 aromatic heterocycles. The molecule has 3 rings (SSSR count). The van der Waals surface area contributed by atoms with Crippen molar-refractivity contribution in [3.8, 4) is 11.4 Å². The summed E-state index contributed by atoms with van der Waals surface area (Å²) >= 11 is 5.93. The zero-order valence-corrected chi connectivity index (χ0v) is 9.94. The van der Waals surface area contributed by atoms with Crippen molar-refractivity contribution < 1.29 is 4.52 Å². The number of benzene rings is 1. The molecule has 0 spiro atoms. The van der Waals surface area contributed by atoms with Crippen molar-refractivity contribution >= 4 is 11.6 Å². The van der Waals surface area contributed by atoms with Gasteiger partial charge in [0, 0.05) is 10.6 Å². The Morgan fingerprint density at radius 2 is 2.35 bits per heavy atom. The zero-order valence-electron chi connectivity index (χ0n) is 9.19. The molecule has 2 heterocycles. The van der Waals surface area contributed by atoms with Crippen molar-refractivity contribution in [1.29, 1.82) is 0 Å². The third-order valence-corrected chi connectivity index (χ3v) is 3.12. The molecule has 1 aliphatic rings. The van der Waals surface area contributed by atoms with E-state index in [1.54, 1.807) is 0 Å². The lowest BCUT2D eigenvalue weighted by Crippen LogP contribution is -2.12. The van der Waals surface area contributed by atoms with Crippen molar-refractivity contribution in [1.82, 2.24) is 15.5 Å². The molecule has 0 amide bonds. The number of rotatable bonds is 2. The zero-order chi connectivity index (χ0) is 11.7. The Bertz CT molecular complexity index is 520. The van der Waals surface area contributed by atoms with Gasteiger partial charge in [0.25, 0.3) is 0 Å². The van der Waals surface area contributed by atoms with Crippen molar-refractivity contribution in [2.75, 3.05) is 6.54 Å². The Kier molecular flexibility index (Phi) is 2.82. The van der Waals surface area contributed by atoms with Crippen LogP contribution in [0.4, 0.5) is 0 Å². The molecule has 1 aliphatic heterocycles. The summed E-state index contributed by atoms with van der Waals surface area (Å²) in [5.41, 5.74) is 0.880. The normalized spacial score (nSPS) is 19.7. The molecule has 1 fully saturated rings. The first-order chi connectivity index (χ1) is 8.33. The van der Waals surface area contributed by atoms with Gasteiger partial charge in [-0.3, -0.25) is 0 Å². The summed E-state index contributed by atoms with van der Waals surface area (Å²) in [5, 5.41) is 7.99. The highest BCUT2D eigenvalue weighted by atomic mass is 35.5. The average molecular weight is 250 g/mol. The molecule has 0 unspecified atom stereocenters. The molecule has 4 nitrogen and oxygen atoms in total. The number of aromatic nitrogens is 2. The van der Waals surface area contributed by atoms with Crippen molar-refractivity contribution in [3.63, 3.8) is 0 Å². The molecule has 1 aromatic carbocycles. The van der Waals surface area contributed by atoms with Gasteiger partial charge in [-0.2, -0.15) is 4.98 Å². The fourth-order valence-corrected chi connectivity index (χ4v) is 2.21. The van der Waals surface area contributed by atoms with Gasteiger partial charge in [-0.05, 0) is 31.5 Å². The predicted molar refractivity (Wildman–Crippen MR) is 64.7 cm³/mol. The van der Waals surface area contributed by atoms with Gasteiger partial charge in [0.15, 0.2) is 0 Å². The smallest absolute Gasteiger partial charge is 0.244 e. The molecule has 0 radical (unpaired) electrons. The lowest BCUT2D eigenvalue weighted by atomic mass is 10.2. The molecule has 17 heavy (non-hydrogen) atoms. The van der Waals surface area contributed by atoms with Gasteiger partial charge in [-0.15, -0.1) is 0 Å². The Balaban J connectivity index is 1.89. The maximum absolute atomic E-state index is 5.93. The van der Waals surface area contributed by atoms with Crippen LogP contribution >= 0.6 is 11.6 Å². The van der Waals surface area contributed by atoms with Crippen LogP contribution in [-0.4, -0.2) is 16.7 Å². The Labute approximate surface area is 104 Å². The van der Waals surface area contributed by atoms with Gasteiger partial charge in [0.2, 0.25) is 11.7 Å². The second kappa shape index (κ2) is 4.47. The number of hydrogen-bond donors (Lipinski definition) is 1. The molecule has 2 aromatic rings. The van der Waals surface area contributed by atoms with E-state index in [1.807, 2.05) is 24.3 Å². The third kappa shape index (κ3) is 2.18. The van der Waals surface area contributed by atoms with Gasteiger partial charge in [0.1, 0.15) is 0 Å². The minimum Gasteiger partial charge on any atom is -0.337 e.